The van der Waals surface area contributed by atoms with Crippen molar-refractivity contribution in [2.24, 2.45) is 11.8 Å². The topological polar surface area (TPSA) is 11.3 Å². The van der Waals surface area contributed by atoms with Crippen LogP contribution in [-0.4, -0.2) is 0 Å². The average Bonchev–Trinajstić information content (AvgIpc) is 2.07. The molecule has 22 heavy (non-hydrogen) atoms. The van der Waals surface area contributed by atoms with Crippen molar-refractivity contribution in [2.45, 2.75) is 47.5 Å². The summed E-state index contributed by atoms with van der Waals surface area (Å²) in [5.74, 6) is 3.56. The van der Waals surface area contributed by atoms with Crippen molar-refractivity contribution in [1.82, 2.24) is 0 Å². The van der Waals surface area contributed by atoms with Crippen LogP contribution in [0.5, 0.6) is 0 Å². The summed E-state index contributed by atoms with van der Waals surface area (Å²) in [5.41, 5.74) is 1.31. The van der Waals surface area contributed by atoms with Gasteiger partial charge in [-0.2, -0.15) is 0 Å². The van der Waals surface area contributed by atoms with Crippen molar-refractivity contribution in [3.8, 4) is 0 Å². The van der Waals surface area contributed by atoms with Crippen molar-refractivity contribution in [2.75, 3.05) is 0 Å². The molecule has 0 N–H and O–H groups in total. The van der Waals surface area contributed by atoms with E-state index in [4.69, 9.17) is 4.42 Å². The van der Waals surface area contributed by atoms with E-state index < -0.39 is 7.81 Å². The molecule has 132 valence electrons. The number of aryl methyl sites for hydroxylation is 1. The van der Waals surface area contributed by atoms with Crippen molar-refractivity contribution in [3.05, 3.63) is 29.2 Å². The normalized spacial score (nSPS) is 15.1. The van der Waals surface area contributed by atoms with Crippen LogP contribution in [0.15, 0.2) is 16.5 Å². The van der Waals surface area contributed by atoms with Crippen LogP contribution in [0.4, 0.5) is 25.2 Å². The van der Waals surface area contributed by atoms with Gasteiger partial charge in [0.2, 0.25) is 0 Å². The van der Waals surface area contributed by atoms with Gasteiger partial charge >= 0.3 is 44.5 Å². The first-order valence-corrected chi connectivity index (χ1v) is 8.94. The fraction of sp³-hybridized carbons (Fsp3) is 0.643. The summed E-state index contributed by atoms with van der Waals surface area (Å²) in [6.45, 7) is 11.0. The molecular weight excluding hydrogens is 329 g/mol. The molecule has 0 aliphatic carbocycles. The van der Waals surface area contributed by atoms with E-state index in [1.807, 2.05) is 0 Å². The van der Waals surface area contributed by atoms with Crippen LogP contribution in [0.25, 0.3) is 0 Å². The fourth-order valence-electron chi connectivity index (χ4n) is 1.78. The molecule has 1 nitrogen and oxygen atoms in total. The average molecular weight is 352 g/mol. The Morgan fingerprint density at radius 1 is 0.818 bits per heavy atom. The van der Waals surface area contributed by atoms with E-state index in [-0.39, 0.29) is 0 Å². The quantitative estimate of drug-likeness (QED) is 0.308. The Kier molecular flexibility index (Phi) is 6.10. The zero-order valence-electron chi connectivity index (χ0n) is 13.3. The van der Waals surface area contributed by atoms with Gasteiger partial charge in [0.05, 0.1) is 12.8 Å². The molecule has 1 rings (SSSR count). The second kappa shape index (κ2) is 6.34. The first kappa shape index (κ1) is 21.2. The first-order chi connectivity index (χ1) is 9.42. The van der Waals surface area contributed by atoms with Crippen LogP contribution < -0.4 is 0 Å². The Bertz CT molecular complexity index is 453. The SMILES string of the molecule is Cc1cc(CC(C)C)[o+]c(CC(C)C)c1.F[P-](F)(F)(F)(F)F. The molecule has 0 atom stereocenters. The van der Waals surface area contributed by atoms with Gasteiger partial charge in [0.1, 0.15) is 0 Å². The van der Waals surface area contributed by atoms with E-state index in [1.54, 1.807) is 0 Å². The van der Waals surface area contributed by atoms with Crippen molar-refractivity contribution < 1.29 is 29.6 Å². The molecule has 0 aliphatic rings. The number of hydrogen-bond donors (Lipinski definition) is 0. The Morgan fingerprint density at radius 3 is 1.32 bits per heavy atom. The van der Waals surface area contributed by atoms with Crippen LogP contribution in [0.1, 0.15) is 44.8 Å². The van der Waals surface area contributed by atoms with E-state index in [0.717, 1.165) is 24.4 Å². The number of hydrogen-bond acceptors (Lipinski definition) is 0. The molecule has 1 aromatic rings. The number of halogens is 6. The third kappa shape index (κ3) is 17.2. The Morgan fingerprint density at radius 2 is 1.09 bits per heavy atom. The molecule has 0 radical (unpaired) electrons. The second-order valence-corrected chi connectivity index (χ2v) is 8.14. The molecule has 0 aliphatic heterocycles. The second-order valence-electron chi connectivity index (χ2n) is 6.22. The molecule has 0 saturated carbocycles. The summed E-state index contributed by atoms with van der Waals surface area (Å²) in [6, 6.07) is 4.31. The van der Waals surface area contributed by atoms with Gasteiger partial charge < -0.3 is 0 Å². The van der Waals surface area contributed by atoms with E-state index in [0.29, 0.717) is 11.8 Å². The molecule has 8 heteroatoms. The first-order valence-electron chi connectivity index (χ1n) is 6.91. The molecule has 0 saturated heterocycles. The molecule has 0 aromatic carbocycles. The summed E-state index contributed by atoms with van der Waals surface area (Å²) in [6.07, 6.45) is 2.07. The molecule has 0 fully saturated rings. The van der Waals surface area contributed by atoms with E-state index in [1.165, 1.54) is 5.56 Å². The monoisotopic (exact) mass is 352 g/mol. The Labute approximate surface area is 127 Å². The zero-order chi connectivity index (χ0) is 17.8. The van der Waals surface area contributed by atoms with Gasteiger partial charge in [-0.3, -0.25) is 0 Å². The third-order valence-electron chi connectivity index (χ3n) is 2.26. The summed E-state index contributed by atoms with van der Waals surface area (Å²) in [7, 11) is -10.7. The van der Waals surface area contributed by atoms with Crippen LogP contribution in [-0.2, 0) is 12.8 Å². The summed E-state index contributed by atoms with van der Waals surface area (Å²) >= 11 is 0. The van der Waals surface area contributed by atoms with Crippen molar-refractivity contribution in [3.63, 3.8) is 0 Å². The molecule has 0 unspecified atom stereocenters. The van der Waals surface area contributed by atoms with Crippen molar-refractivity contribution in [1.29, 1.82) is 0 Å². The van der Waals surface area contributed by atoms with Crippen LogP contribution in [0.3, 0.4) is 0 Å². The maximum absolute atomic E-state index is 10.7. The van der Waals surface area contributed by atoms with Gasteiger partial charge in [0, 0.05) is 12.1 Å². The van der Waals surface area contributed by atoms with Crippen LogP contribution in [0, 0.1) is 18.8 Å². The molecule has 0 bridgehead atoms. The minimum absolute atomic E-state index is 0.655. The molecule has 1 heterocycles. The predicted molar refractivity (Wildman–Crippen MR) is 78.5 cm³/mol. The molecule has 0 spiro atoms. The zero-order valence-corrected chi connectivity index (χ0v) is 14.2. The van der Waals surface area contributed by atoms with Gasteiger partial charge in [-0.25, -0.2) is 4.42 Å². The van der Waals surface area contributed by atoms with E-state index in [9.17, 15) is 25.2 Å². The minimum atomic E-state index is -10.7. The molecule has 1 aromatic heterocycles. The van der Waals surface area contributed by atoms with Gasteiger partial charge in [-0.1, -0.05) is 27.7 Å². The fourth-order valence-corrected chi connectivity index (χ4v) is 1.78. The molecule has 0 amide bonds. The van der Waals surface area contributed by atoms with Gasteiger partial charge in [-0.15, -0.1) is 0 Å². The summed E-state index contributed by atoms with van der Waals surface area (Å²) in [5, 5.41) is 0. The Hall–Kier alpha value is -0.840. The maximum atomic E-state index is 9.87. The van der Waals surface area contributed by atoms with Crippen molar-refractivity contribution >= 4 is 7.81 Å². The van der Waals surface area contributed by atoms with Gasteiger partial charge in [0.25, 0.3) is 0 Å². The van der Waals surface area contributed by atoms with Crippen LogP contribution >= 0.6 is 7.81 Å². The Balaban J connectivity index is 0.000000534. The van der Waals surface area contributed by atoms with E-state index >= 15 is 0 Å². The summed E-state index contributed by atoms with van der Waals surface area (Å²) in [4.78, 5) is 0. The van der Waals surface area contributed by atoms with E-state index in [2.05, 4.69) is 46.8 Å². The van der Waals surface area contributed by atoms with Gasteiger partial charge in [-0.05, 0) is 24.3 Å². The third-order valence-corrected chi connectivity index (χ3v) is 2.26. The standard InChI is InChI=1S/C14H23O.F6P/c1-10(2)6-13-8-12(5)9-14(15-13)7-11(3)4;1-7(2,3,4,5)6/h8-11H,6-7H2,1-5H3;/q+1;-1. The predicted octanol–water partition coefficient (Wildman–Crippen LogP) is 7.65. The summed E-state index contributed by atoms with van der Waals surface area (Å²) < 4.78 is 65.1. The number of rotatable bonds is 4. The van der Waals surface area contributed by atoms with Gasteiger partial charge in [0.15, 0.2) is 0 Å². The molecular formula is C14H23F6OP. The van der Waals surface area contributed by atoms with Crippen LogP contribution in [0.2, 0.25) is 0 Å².